The first-order chi connectivity index (χ1) is 8.63. The maximum atomic E-state index is 12.8. The molecule has 0 bridgehead atoms. The average molecular weight is 321 g/mol. The van der Waals surface area contributed by atoms with Gasteiger partial charge in [-0.1, -0.05) is 0 Å². The van der Waals surface area contributed by atoms with E-state index in [-0.39, 0.29) is 11.6 Å². The predicted molar refractivity (Wildman–Crippen MR) is 65.2 cm³/mol. The molecular formula is C15H12F2Zr+2. The number of halogens is 2. The topological polar surface area (TPSA) is 0 Å². The molecule has 2 aromatic carbocycles. The summed E-state index contributed by atoms with van der Waals surface area (Å²) >= 11 is 1.36. The van der Waals surface area contributed by atoms with E-state index >= 15 is 0 Å². The Morgan fingerprint density at radius 1 is 0.722 bits per heavy atom. The van der Waals surface area contributed by atoms with Gasteiger partial charge in [0.15, 0.2) is 0 Å². The maximum absolute atomic E-state index is 12.8. The average Bonchev–Trinajstić information content (AvgIpc) is 2.35. The third-order valence-corrected chi connectivity index (χ3v) is 3.53. The van der Waals surface area contributed by atoms with Crippen molar-refractivity contribution in [2.24, 2.45) is 0 Å². The molecule has 0 saturated heterocycles. The molecule has 0 radical (unpaired) electrons. The van der Waals surface area contributed by atoms with E-state index in [1.165, 1.54) is 51.7 Å². The van der Waals surface area contributed by atoms with Crippen molar-refractivity contribution in [1.29, 1.82) is 0 Å². The van der Waals surface area contributed by atoms with Crippen LogP contribution in [0.25, 0.3) is 0 Å². The zero-order chi connectivity index (χ0) is 13.0. The Labute approximate surface area is 120 Å². The summed E-state index contributed by atoms with van der Waals surface area (Å²) in [6.07, 6.45) is 1.71. The number of hydrogen-bond donors (Lipinski definition) is 0. The second kappa shape index (κ2) is 6.29. The third-order valence-electron chi connectivity index (χ3n) is 2.66. The molecule has 0 aliphatic carbocycles. The van der Waals surface area contributed by atoms with Crippen LogP contribution in [0.5, 0.6) is 0 Å². The summed E-state index contributed by atoms with van der Waals surface area (Å²) in [7, 11) is 0. The molecule has 0 aromatic heterocycles. The molecular weight excluding hydrogens is 309 g/mol. The van der Waals surface area contributed by atoms with Crippen molar-refractivity contribution in [2.75, 3.05) is 0 Å². The summed E-state index contributed by atoms with van der Waals surface area (Å²) in [6.45, 7) is 0. The van der Waals surface area contributed by atoms with Crippen molar-refractivity contribution in [3.63, 3.8) is 0 Å². The molecule has 18 heavy (non-hydrogen) atoms. The molecule has 0 atom stereocenters. The van der Waals surface area contributed by atoms with Gasteiger partial charge in [0.2, 0.25) is 0 Å². The monoisotopic (exact) mass is 320 g/mol. The fourth-order valence-corrected chi connectivity index (χ4v) is 2.76. The van der Waals surface area contributed by atoms with Crippen LogP contribution in [0, 0.1) is 11.6 Å². The van der Waals surface area contributed by atoms with E-state index in [1.807, 2.05) is 24.3 Å². The first kappa shape index (κ1) is 13.5. The zero-order valence-corrected chi connectivity index (χ0v) is 12.2. The molecule has 0 aliphatic rings. The quantitative estimate of drug-likeness (QED) is 0.809. The number of benzene rings is 2. The van der Waals surface area contributed by atoms with Crippen LogP contribution < -0.4 is 0 Å². The van der Waals surface area contributed by atoms with Crippen molar-refractivity contribution in [3.8, 4) is 0 Å². The Morgan fingerprint density at radius 2 is 1.06 bits per heavy atom. The van der Waals surface area contributed by atoms with Gasteiger partial charge in [-0.05, 0) is 0 Å². The molecule has 0 amide bonds. The van der Waals surface area contributed by atoms with Crippen molar-refractivity contribution in [1.82, 2.24) is 0 Å². The van der Waals surface area contributed by atoms with E-state index in [0.717, 1.165) is 24.0 Å². The summed E-state index contributed by atoms with van der Waals surface area (Å²) in [5.74, 6) is -0.411. The summed E-state index contributed by atoms with van der Waals surface area (Å²) in [6, 6.07) is 13.2. The summed E-state index contributed by atoms with van der Waals surface area (Å²) in [5.41, 5.74) is 2.23. The molecule has 0 unspecified atom stereocenters. The van der Waals surface area contributed by atoms with Crippen molar-refractivity contribution < 1.29 is 33.0 Å². The first-order valence-corrected chi connectivity index (χ1v) is 6.91. The van der Waals surface area contributed by atoms with Gasteiger partial charge in [0.25, 0.3) is 0 Å². The van der Waals surface area contributed by atoms with Gasteiger partial charge in [-0.2, -0.15) is 0 Å². The Hall–Kier alpha value is -0.947. The number of hydrogen-bond acceptors (Lipinski definition) is 0. The fourth-order valence-electron chi connectivity index (χ4n) is 1.76. The molecule has 0 aliphatic heterocycles. The van der Waals surface area contributed by atoms with Gasteiger partial charge in [0, 0.05) is 0 Å². The van der Waals surface area contributed by atoms with Crippen LogP contribution in [0.2, 0.25) is 0 Å². The molecule has 0 spiro atoms. The van der Waals surface area contributed by atoms with E-state index in [9.17, 15) is 8.78 Å². The summed E-state index contributed by atoms with van der Waals surface area (Å²) < 4.78 is 26.9. The van der Waals surface area contributed by atoms with Crippen LogP contribution in [-0.2, 0) is 37.1 Å². The van der Waals surface area contributed by atoms with Gasteiger partial charge < -0.3 is 0 Å². The van der Waals surface area contributed by atoms with Crippen molar-refractivity contribution in [2.45, 2.75) is 12.8 Å². The van der Waals surface area contributed by atoms with E-state index in [2.05, 4.69) is 0 Å². The van der Waals surface area contributed by atoms with E-state index in [0.29, 0.717) is 0 Å². The molecule has 0 saturated carbocycles. The summed E-state index contributed by atoms with van der Waals surface area (Å²) in [4.78, 5) is 0. The van der Waals surface area contributed by atoms with Crippen LogP contribution >= 0.6 is 0 Å². The van der Waals surface area contributed by atoms with Crippen molar-refractivity contribution in [3.05, 3.63) is 71.3 Å². The number of rotatable bonds is 4. The van der Waals surface area contributed by atoms with Crippen molar-refractivity contribution >= 4 is 3.21 Å². The normalized spacial score (nSPS) is 10.4. The van der Waals surface area contributed by atoms with Gasteiger partial charge in [-0.3, -0.25) is 0 Å². The van der Waals surface area contributed by atoms with Crippen LogP contribution in [0.1, 0.15) is 11.1 Å². The minimum absolute atomic E-state index is 0.206. The van der Waals surface area contributed by atoms with Crippen LogP contribution in [0.4, 0.5) is 8.78 Å². The Kier molecular flexibility index (Phi) is 4.71. The SMILES string of the molecule is Fc1ccc(C[C](=[Zr+2])Cc2ccc(F)cc2)cc1. The second-order valence-corrected chi connectivity index (χ2v) is 5.95. The Balaban J connectivity index is 1.96. The third kappa shape index (κ3) is 4.06. The second-order valence-electron chi connectivity index (χ2n) is 4.21. The van der Waals surface area contributed by atoms with Gasteiger partial charge in [-0.25, -0.2) is 0 Å². The Bertz CT molecular complexity index is 480. The molecule has 88 valence electrons. The predicted octanol–water partition coefficient (Wildman–Crippen LogP) is 3.47. The van der Waals surface area contributed by atoms with E-state index < -0.39 is 0 Å². The van der Waals surface area contributed by atoms with Gasteiger partial charge in [0.1, 0.15) is 0 Å². The minimum atomic E-state index is -0.206. The van der Waals surface area contributed by atoms with E-state index in [4.69, 9.17) is 0 Å². The van der Waals surface area contributed by atoms with Crippen LogP contribution in [0.3, 0.4) is 0 Å². The Morgan fingerprint density at radius 3 is 1.39 bits per heavy atom. The molecule has 0 fully saturated rings. The molecule has 0 nitrogen and oxygen atoms in total. The molecule has 2 rings (SSSR count). The zero-order valence-electron chi connectivity index (χ0n) is 9.79. The molecule has 0 N–H and O–H groups in total. The van der Waals surface area contributed by atoms with E-state index in [1.54, 1.807) is 0 Å². The van der Waals surface area contributed by atoms with Gasteiger partial charge >= 0.3 is 120 Å². The molecule has 2 aromatic rings. The summed E-state index contributed by atoms with van der Waals surface area (Å²) in [5, 5.41) is 0. The first-order valence-electron chi connectivity index (χ1n) is 5.68. The van der Waals surface area contributed by atoms with Crippen LogP contribution in [-0.4, -0.2) is 3.21 Å². The standard InChI is InChI=1S/C15H12F2.Zr/c16-14-8-4-12(5-9-14)2-1-3-13-6-10-15(17)11-7-13;/h4-11H,2-3H2;/q;+2. The molecule has 0 heterocycles. The van der Waals surface area contributed by atoms with Gasteiger partial charge in [0.05, 0.1) is 0 Å². The van der Waals surface area contributed by atoms with Gasteiger partial charge in [-0.15, -0.1) is 0 Å². The van der Waals surface area contributed by atoms with Crippen LogP contribution in [0.15, 0.2) is 48.5 Å². The molecule has 3 heteroatoms. The fraction of sp³-hybridized carbons (Fsp3) is 0.133.